The molecule has 0 radical (unpaired) electrons. The van der Waals surface area contributed by atoms with Crippen molar-refractivity contribution in [3.05, 3.63) is 74.9 Å². The number of hydrogen-bond donors (Lipinski definition) is 0. The second-order valence-corrected chi connectivity index (χ2v) is 7.51. The molecule has 7 nitrogen and oxygen atoms in total. The summed E-state index contributed by atoms with van der Waals surface area (Å²) >= 11 is 0. The van der Waals surface area contributed by atoms with Gasteiger partial charge in [-0.05, 0) is 69.5 Å². The summed E-state index contributed by atoms with van der Waals surface area (Å²) in [4.78, 5) is 10.4. The molecule has 0 saturated heterocycles. The van der Waals surface area contributed by atoms with E-state index in [1.54, 1.807) is 26.4 Å². The molecule has 2 rings (SSSR count). The van der Waals surface area contributed by atoms with Gasteiger partial charge in [0, 0.05) is 31.9 Å². The zero-order chi connectivity index (χ0) is 23.7. The van der Waals surface area contributed by atoms with Gasteiger partial charge in [0.25, 0.3) is 5.69 Å². The molecule has 0 aliphatic carbocycles. The molecule has 0 fully saturated rings. The van der Waals surface area contributed by atoms with E-state index in [1.807, 2.05) is 52.0 Å². The molecule has 0 aromatic heterocycles. The fourth-order valence-corrected chi connectivity index (χ4v) is 2.81. The monoisotopic (exact) mass is 441 g/mol. The molecule has 2 aromatic carbocycles. The lowest BCUT2D eigenvalue weighted by molar-refractivity contribution is -0.384. The van der Waals surface area contributed by atoms with Crippen LogP contribution in [0.1, 0.15) is 44.4 Å². The van der Waals surface area contributed by atoms with Crippen LogP contribution in [0.3, 0.4) is 0 Å². The van der Waals surface area contributed by atoms with E-state index in [0.717, 1.165) is 16.7 Å². The van der Waals surface area contributed by atoms with Crippen LogP contribution in [0.5, 0.6) is 11.5 Å². The van der Waals surface area contributed by atoms with E-state index in [2.05, 4.69) is 6.08 Å². The summed E-state index contributed by atoms with van der Waals surface area (Å²) in [5, 5.41) is 10.9. The maximum atomic E-state index is 10.9. The maximum Gasteiger partial charge on any atom is 0.269 e. The summed E-state index contributed by atoms with van der Waals surface area (Å²) in [6, 6.07) is 10.2. The number of ether oxygens (including phenoxy) is 4. The van der Waals surface area contributed by atoms with Crippen molar-refractivity contribution in [2.24, 2.45) is 0 Å². The van der Waals surface area contributed by atoms with Crippen LogP contribution < -0.4 is 9.47 Å². The second-order valence-electron chi connectivity index (χ2n) is 7.51. The van der Waals surface area contributed by atoms with Gasteiger partial charge in [-0.1, -0.05) is 23.8 Å². The lowest BCUT2D eigenvalue weighted by Crippen LogP contribution is -2.17. The highest BCUT2D eigenvalue weighted by molar-refractivity contribution is 5.72. The summed E-state index contributed by atoms with van der Waals surface area (Å²) < 4.78 is 22.7. The molecule has 7 heteroatoms. The van der Waals surface area contributed by atoms with Crippen molar-refractivity contribution in [2.45, 2.75) is 46.7 Å². The van der Waals surface area contributed by atoms with E-state index in [0.29, 0.717) is 17.9 Å². The predicted octanol–water partition coefficient (Wildman–Crippen LogP) is 6.02. The Morgan fingerprint density at radius 3 is 1.88 bits per heavy atom. The van der Waals surface area contributed by atoms with Gasteiger partial charge in [0.15, 0.2) is 12.6 Å². The molecule has 172 valence electrons. The number of methoxy groups -OCH3 is 2. The van der Waals surface area contributed by atoms with Crippen LogP contribution in [-0.2, 0) is 15.9 Å². The standard InChI is InChI=1S/C25H31NO6/c1-17(2)7-14-23-24(31-18(3)29-5)15-21(16-25(23)32-19(4)30-6)9-8-20-10-12-22(13-11-20)26(27)28/h7-13,15-16,18-19H,14H2,1-6H3/b9-8+. The van der Waals surface area contributed by atoms with Gasteiger partial charge in [-0.25, -0.2) is 0 Å². The number of nitro benzene ring substituents is 1. The fourth-order valence-electron chi connectivity index (χ4n) is 2.81. The first-order valence-electron chi connectivity index (χ1n) is 10.3. The van der Waals surface area contributed by atoms with E-state index in [4.69, 9.17) is 18.9 Å². The van der Waals surface area contributed by atoms with Gasteiger partial charge in [-0.3, -0.25) is 10.1 Å². The van der Waals surface area contributed by atoms with E-state index < -0.39 is 17.5 Å². The Balaban J connectivity index is 2.48. The highest BCUT2D eigenvalue weighted by atomic mass is 16.7. The molecule has 2 atom stereocenters. The van der Waals surface area contributed by atoms with Crippen molar-refractivity contribution in [1.82, 2.24) is 0 Å². The summed E-state index contributed by atoms with van der Waals surface area (Å²) in [6.45, 7) is 7.72. The predicted molar refractivity (Wildman–Crippen MR) is 126 cm³/mol. The second kappa shape index (κ2) is 12.0. The zero-order valence-corrected chi connectivity index (χ0v) is 19.5. The minimum Gasteiger partial charge on any atom is -0.465 e. The first-order chi connectivity index (χ1) is 15.2. The van der Waals surface area contributed by atoms with E-state index in [-0.39, 0.29) is 5.69 Å². The van der Waals surface area contributed by atoms with Crippen molar-refractivity contribution in [3.8, 4) is 11.5 Å². The Morgan fingerprint density at radius 2 is 1.44 bits per heavy atom. The molecule has 0 aliphatic rings. The molecule has 32 heavy (non-hydrogen) atoms. The molecular weight excluding hydrogens is 410 g/mol. The van der Waals surface area contributed by atoms with E-state index in [9.17, 15) is 10.1 Å². The molecule has 0 saturated carbocycles. The largest absolute Gasteiger partial charge is 0.465 e. The highest BCUT2D eigenvalue weighted by Gasteiger charge is 2.16. The van der Waals surface area contributed by atoms with E-state index >= 15 is 0 Å². The lowest BCUT2D eigenvalue weighted by atomic mass is 10.0. The average molecular weight is 442 g/mol. The first kappa shape index (κ1) is 25.1. The quantitative estimate of drug-likeness (QED) is 0.140. The lowest BCUT2D eigenvalue weighted by Gasteiger charge is -2.21. The Hall–Kier alpha value is -3.16. The van der Waals surface area contributed by atoms with Gasteiger partial charge < -0.3 is 18.9 Å². The van der Waals surface area contributed by atoms with Crippen LogP contribution in [0.2, 0.25) is 0 Å². The fraction of sp³-hybridized carbons (Fsp3) is 0.360. The SMILES string of the molecule is COC(C)Oc1cc(/C=C/c2ccc([N+](=O)[O-])cc2)cc(OC(C)OC)c1CC=C(C)C. The molecular formula is C25H31NO6. The number of allylic oxidation sites excluding steroid dienone is 2. The van der Waals surface area contributed by atoms with Crippen LogP contribution in [-0.4, -0.2) is 31.7 Å². The number of hydrogen-bond acceptors (Lipinski definition) is 6. The minimum absolute atomic E-state index is 0.0549. The Bertz CT molecular complexity index is 928. The average Bonchev–Trinajstić information content (AvgIpc) is 2.76. The topological polar surface area (TPSA) is 80.1 Å². The Kier molecular flexibility index (Phi) is 9.43. The van der Waals surface area contributed by atoms with Crippen molar-refractivity contribution < 1.29 is 23.9 Å². The van der Waals surface area contributed by atoms with Gasteiger partial charge in [-0.15, -0.1) is 0 Å². The van der Waals surface area contributed by atoms with Crippen LogP contribution in [0.25, 0.3) is 12.2 Å². The maximum absolute atomic E-state index is 10.9. The third-order valence-electron chi connectivity index (χ3n) is 4.73. The van der Waals surface area contributed by atoms with Crippen LogP contribution in [0, 0.1) is 10.1 Å². The molecule has 0 bridgehead atoms. The molecule has 0 amide bonds. The number of rotatable bonds is 11. The van der Waals surface area contributed by atoms with Gasteiger partial charge in [-0.2, -0.15) is 0 Å². The van der Waals surface area contributed by atoms with Crippen molar-refractivity contribution in [3.63, 3.8) is 0 Å². The Morgan fingerprint density at radius 1 is 0.938 bits per heavy atom. The number of benzene rings is 2. The highest BCUT2D eigenvalue weighted by Crippen LogP contribution is 2.34. The summed E-state index contributed by atoms with van der Waals surface area (Å²) in [5.74, 6) is 1.31. The normalized spacial score (nSPS) is 12.9. The van der Waals surface area contributed by atoms with Crippen molar-refractivity contribution >= 4 is 17.8 Å². The van der Waals surface area contributed by atoms with Gasteiger partial charge in [0.2, 0.25) is 0 Å². The first-order valence-corrected chi connectivity index (χ1v) is 10.3. The van der Waals surface area contributed by atoms with Crippen LogP contribution in [0.4, 0.5) is 5.69 Å². The van der Waals surface area contributed by atoms with E-state index in [1.165, 1.54) is 17.7 Å². The molecule has 0 N–H and O–H groups in total. The van der Waals surface area contributed by atoms with Gasteiger partial charge in [0.1, 0.15) is 11.5 Å². The number of nitrogens with zero attached hydrogens (tertiary/aromatic N) is 1. The molecule has 0 spiro atoms. The van der Waals surface area contributed by atoms with Gasteiger partial charge >= 0.3 is 0 Å². The molecule has 2 aromatic rings. The van der Waals surface area contributed by atoms with Gasteiger partial charge in [0.05, 0.1) is 4.92 Å². The zero-order valence-electron chi connectivity index (χ0n) is 19.5. The molecule has 2 unspecified atom stereocenters. The summed E-state index contributed by atoms with van der Waals surface area (Å²) in [5.41, 5.74) is 3.82. The van der Waals surface area contributed by atoms with Crippen molar-refractivity contribution in [1.29, 1.82) is 0 Å². The molecule has 0 aliphatic heterocycles. The van der Waals surface area contributed by atoms with Crippen LogP contribution >= 0.6 is 0 Å². The third kappa shape index (κ3) is 7.51. The van der Waals surface area contributed by atoms with Crippen LogP contribution in [0.15, 0.2) is 48.0 Å². The third-order valence-corrected chi connectivity index (χ3v) is 4.73. The van der Waals surface area contributed by atoms with Crippen molar-refractivity contribution in [2.75, 3.05) is 14.2 Å². The smallest absolute Gasteiger partial charge is 0.269 e. The summed E-state index contributed by atoms with van der Waals surface area (Å²) in [6.07, 6.45) is 5.63. The Labute approximate surface area is 189 Å². The summed E-state index contributed by atoms with van der Waals surface area (Å²) in [7, 11) is 3.17. The molecule has 0 heterocycles. The minimum atomic E-state index is -0.443. The number of nitro groups is 1. The number of non-ortho nitro benzene ring substituents is 1.